The van der Waals surface area contributed by atoms with E-state index >= 15 is 0 Å². The van der Waals surface area contributed by atoms with E-state index in [1.165, 1.54) is 0 Å². The van der Waals surface area contributed by atoms with Crippen LogP contribution in [0.1, 0.15) is 0 Å². The first-order valence-corrected chi connectivity index (χ1v) is 6.04. The molecule has 21 heavy (non-hydrogen) atoms. The van der Waals surface area contributed by atoms with E-state index in [4.69, 9.17) is 15.3 Å². The Bertz CT molecular complexity index is 538. The Morgan fingerprint density at radius 2 is 1.71 bits per heavy atom. The van der Waals surface area contributed by atoms with Crippen molar-refractivity contribution in [2.75, 3.05) is 31.2 Å². The Morgan fingerprint density at radius 3 is 2.19 bits per heavy atom. The maximum atomic E-state index is 11.9. The van der Waals surface area contributed by atoms with Crippen molar-refractivity contribution in [1.82, 2.24) is 14.5 Å². The second-order valence-corrected chi connectivity index (χ2v) is 3.90. The van der Waals surface area contributed by atoms with E-state index in [1.54, 1.807) is 0 Å². The molecule has 1 aromatic rings. The lowest BCUT2D eigenvalue weighted by Crippen LogP contribution is -2.44. The molecule has 0 atom stereocenters. The number of nitrogens with zero attached hydrogens (tertiary/aromatic N) is 3. The predicted octanol–water partition coefficient (Wildman–Crippen LogP) is -3.24. The number of imidazole rings is 1. The summed E-state index contributed by atoms with van der Waals surface area (Å²) in [6.45, 7) is -2.85. The summed E-state index contributed by atoms with van der Waals surface area (Å²) < 4.78 is 1.19. The minimum atomic E-state index is -0.926. The summed E-state index contributed by atoms with van der Waals surface area (Å²) >= 11 is 0. The Hall–Kier alpha value is -2.08. The average molecular weight is 306 g/mol. The molecule has 1 aromatic heterocycles. The van der Waals surface area contributed by atoms with Crippen LogP contribution in [0.3, 0.4) is 0 Å². The molecule has 6 N–H and O–H groups in total. The smallest absolute Gasteiger partial charge is 0.336 e. The maximum Gasteiger partial charge on any atom is 0.336 e. The molecular formula is C10H18N4O7. The lowest BCUT2D eigenvalue weighted by atomic mass is 10.5. The molecule has 0 aliphatic rings. The van der Waals surface area contributed by atoms with Gasteiger partial charge in [0.25, 0.3) is 0 Å². The highest BCUT2D eigenvalue weighted by Gasteiger charge is 2.27. The molecule has 1 heterocycles. The highest BCUT2D eigenvalue weighted by Crippen LogP contribution is 2.26. The van der Waals surface area contributed by atoms with Crippen molar-refractivity contribution in [2.24, 2.45) is 0 Å². The third-order valence-corrected chi connectivity index (χ3v) is 2.67. The summed E-state index contributed by atoms with van der Waals surface area (Å²) in [4.78, 5) is 24.6. The zero-order valence-electron chi connectivity index (χ0n) is 11.1. The van der Waals surface area contributed by atoms with Crippen LogP contribution >= 0.6 is 0 Å². The molecule has 0 bridgehead atoms. The van der Waals surface area contributed by atoms with Crippen molar-refractivity contribution in [1.29, 1.82) is 0 Å². The molecule has 0 aromatic carbocycles. The third-order valence-electron chi connectivity index (χ3n) is 2.67. The molecule has 120 valence electrons. The SMILES string of the molecule is O=C(NCCO)N(CCO)c1c(O)n(CO)c(=O)n1CO. The van der Waals surface area contributed by atoms with Crippen LogP contribution in [-0.4, -0.2) is 67.0 Å². The molecule has 0 radical (unpaired) electrons. The van der Waals surface area contributed by atoms with Crippen LogP contribution in [0.25, 0.3) is 0 Å². The van der Waals surface area contributed by atoms with Crippen molar-refractivity contribution in [2.45, 2.75) is 13.5 Å². The van der Waals surface area contributed by atoms with Gasteiger partial charge in [-0.1, -0.05) is 0 Å². The van der Waals surface area contributed by atoms with Crippen molar-refractivity contribution in [3.8, 4) is 5.88 Å². The topological polar surface area (TPSA) is 160 Å². The number of anilines is 1. The van der Waals surface area contributed by atoms with Gasteiger partial charge < -0.3 is 30.8 Å². The average Bonchev–Trinajstić information content (AvgIpc) is 2.72. The Kier molecular flexibility index (Phi) is 6.17. The quantitative estimate of drug-likeness (QED) is 0.308. The molecular weight excluding hydrogens is 288 g/mol. The lowest BCUT2D eigenvalue weighted by Gasteiger charge is -2.22. The maximum absolute atomic E-state index is 11.9. The summed E-state index contributed by atoms with van der Waals surface area (Å²) in [5, 5.41) is 48.1. The van der Waals surface area contributed by atoms with Gasteiger partial charge in [0.2, 0.25) is 5.88 Å². The first kappa shape index (κ1) is 17.0. The number of aliphatic hydroxyl groups excluding tert-OH is 4. The van der Waals surface area contributed by atoms with E-state index in [9.17, 15) is 19.8 Å². The molecule has 0 spiro atoms. The zero-order chi connectivity index (χ0) is 16.0. The van der Waals surface area contributed by atoms with Crippen LogP contribution in [-0.2, 0) is 13.5 Å². The first-order chi connectivity index (χ1) is 10.0. The molecule has 0 aliphatic heterocycles. The van der Waals surface area contributed by atoms with E-state index in [-0.39, 0.29) is 25.5 Å². The largest absolute Gasteiger partial charge is 0.492 e. The Labute approximate surface area is 118 Å². The van der Waals surface area contributed by atoms with Gasteiger partial charge in [0, 0.05) is 6.54 Å². The van der Waals surface area contributed by atoms with Gasteiger partial charge in [0.15, 0.2) is 5.82 Å². The second-order valence-electron chi connectivity index (χ2n) is 3.90. The van der Waals surface area contributed by atoms with Crippen molar-refractivity contribution >= 4 is 11.8 Å². The Morgan fingerprint density at radius 1 is 1.10 bits per heavy atom. The van der Waals surface area contributed by atoms with Gasteiger partial charge >= 0.3 is 11.7 Å². The van der Waals surface area contributed by atoms with Crippen LogP contribution in [0.2, 0.25) is 0 Å². The summed E-state index contributed by atoms with van der Waals surface area (Å²) in [7, 11) is 0. The van der Waals surface area contributed by atoms with Gasteiger partial charge in [-0.15, -0.1) is 0 Å². The molecule has 1 rings (SSSR count). The van der Waals surface area contributed by atoms with Crippen LogP contribution in [0, 0.1) is 0 Å². The summed E-state index contributed by atoms with van der Waals surface area (Å²) in [5.41, 5.74) is -0.926. The van der Waals surface area contributed by atoms with Gasteiger partial charge in [0.05, 0.1) is 19.8 Å². The van der Waals surface area contributed by atoms with Crippen molar-refractivity contribution in [3.63, 3.8) is 0 Å². The van der Waals surface area contributed by atoms with E-state index < -0.39 is 37.7 Å². The van der Waals surface area contributed by atoms with Gasteiger partial charge in [0.1, 0.15) is 13.5 Å². The molecule has 2 amide bonds. The summed E-state index contributed by atoms with van der Waals surface area (Å²) in [6.07, 6.45) is 0. The van der Waals surface area contributed by atoms with E-state index in [0.29, 0.717) is 9.13 Å². The molecule has 0 saturated carbocycles. The molecule has 0 saturated heterocycles. The van der Waals surface area contributed by atoms with E-state index in [0.717, 1.165) is 4.90 Å². The number of aromatic hydroxyl groups is 1. The van der Waals surface area contributed by atoms with Crippen LogP contribution < -0.4 is 15.9 Å². The number of urea groups is 1. The highest BCUT2D eigenvalue weighted by atomic mass is 16.3. The molecule has 11 nitrogen and oxygen atoms in total. The molecule has 0 unspecified atom stereocenters. The number of amides is 2. The van der Waals surface area contributed by atoms with Crippen molar-refractivity contribution < 1.29 is 30.3 Å². The standard InChI is InChI=1S/C10H18N4O7/c15-3-1-11-9(20)12(2-4-16)7-8(19)14(6-18)10(21)13(7)5-17/h15-19H,1-6H2,(H,11,20). The van der Waals surface area contributed by atoms with Gasteiger partial charge in [-0.3, -0.25) is 9.47 Å². The number of carbonyl (C=O) groups excluding carboxylic acids is 1. The van der Waals surface area contributed by atoms with E-state index in [1.807, 2.05) is 0 Å². The van der Waals surface area contributed by atoms with Gasteiger partial charge in [-0.05, 0) is 0 Å². The van der Waals surface area contributed by atoms with E-state index in [2.05, 4.69) is 5.32 Å². The highest BCUT2D eigenvalue weighted by molar-refractivity contribution is 5.92. The summed E-state index contributed by atoms with van der Waals surface area (Å²) in [5.74, 6) is -1.11. The minimum absolute atomic E-state index is 0.0778. The molecule has 0 fully saturated rings. The Balaban J connectivity index is 3.31. The van der Waals surface area contributed by atoms with Crippen LogP contribution in [0.5, 0.6) is 5.88 Å². The fourth-order valence-corrected chi connectivity index (χ4v) is 1.75. The third kappa shape index (κ3) is 3.33. The van der Waals surface area contributed by atoms with Gasteiger partial charge in [-0.2, -0.15) is 0 Å². The van der Waals surface area contributed by atoms with Crippen molar-refractivity contribution in [3.05, 3.63) is 10.5 Å². The fraction of sp³-hybridized carbons (Fsp3) is 0.600. The number of aromatic nitrogens is 2. The van der Waals surface area contributed by atoms with Gasteiger partial charge in [-0.25, -0.2) is 14.2 Å². The normalized spacial score (nSPS) is 10.7. The lowest BCUT2D eigenvalue weighted by molar-refractivity contribution is 0.182. The number of aliphatic hydroxyl groups is 4. The molecule has 11 heteroatoms. The molecule has 0 aliphatic carbocycles. The minimum Gasteiger partial charge on any atom is -0.492 e. The number of rotatable bonds is 7. The fourth-order valence-electron chi connectivity index (χ4n) is 1.75. The first-order valence-electron chi connectivity index (χ1n) is 6.04. The number of hydrogen-bond acceptors (Lipinski definition) is 7. The number of carbonyl (C=O) groups is 1. The predicted molar refractivity (Wildman–Crippen MR) is 69.7 cm³/mol. The number of hydrogen-bond donors (Lipinski definition) is 6. The second kappa shape index (κ2) is 7.64. The zero-order valence-corrected chi connectivity index (χ0v) is 11.1. The summed E-state index contributed by atoms with van der Waals surface area (Å²) in [6, 6.07) is -0.800. The van der Waals surface area contributed by atoms with Crippen LogP contribution in [0.4, 0.5) is 10.6 Å². The monoisotopic (exact) mass is 306 g/mol. The number of nitrogens with one attached hydrogen (secondary N) is 1. The van der Waals surface area contributed by atoms with Crippen LogP contribution in [0.15, 0.2) is 4.79 Å².